The second kappa shape index (κ2) is 9.97. The number of nitrogens with zero attached hydrogens (tertiary/aromatic N) is 1. The van der Waals surface area contributed by atoms with Crippen molar-refractivity contribution in [1.29, 1.82) is 0 Å². The van der Waals surface area contributed by atoms with Gasteiger partial charge in [0, 0.05) is 20.2 Å². The van der Waals surface area contributed by atoms with Gasteiger partial charge in [0.05, 0.1) is 12.1 Å². The molecule has 1 aliphatic heterocycles. The molecule has 26 heavy (non-hydrogen) atoms. The lowest BCUT2D eigenvalue weighted by atomic mass is 10.1. The molecule has 0 bridgehead atoms. The molecule has 2 rings (SSSR count). The van der Waals surface area contributed by atoms with Crippen LogP contribution in [0.25, 0.3) is 0 Å². The number of ether oxygens (including phenoxy) is 1. The molecule has 0 aliphatic carbocycles. The van der Waals surface area contributed by atoms with Crippen LogP contribution in [0.2, 0.25) is 0 Å². The highest BCUT2D eigenvalue weighted by Crippen LogP contribution is 2.14. The highest BCUT2D eigenvalue weighted by molar-refractivity contribution is 5.91. The number of rotatable bonds is 4. The maximum atomic E-state index is 12.3. The van der Waals surface area contributed by atoms with Gasteiger partial charge in [-0.05, 0) is 38.4 Å². The standard InChI is InChI=1S/C17H24N2O4.CH2O2/c1-5-19-10-13(15(11-19)22-4)18-16(20)14-7-6-12(23-14)8-9-17(2,3)21;2-1-3/h6-7,13,15,21H,5,10-11H2,1-4H3,(H,18,20);1H,(H,2,3)/t13-,15-;/m0./s1. The van der Waals surface area contributed by atoms with Gasteiger partial charge in [0.15, 0.2) is 11.5 Å². The Morgan fingerprint density at radius 2 is 2.15 bits per heavy atom. The van der Waals surface area contributed by atoms with E-state index in [9.17, 15) is 9.90 Å². The Balaban J connectivity index is 0.00000105. The first kappa shape index (κ1) is 21.7. The molecule has 8 heteroatoms. The molecule has 2 atom stereocenters. The highest BCUT2D eigenvalue weighted by atomic mass is 16.5. The van der Waals surface area contributed by atoms with E-state index in [4.69, 9.17) is 19.1 Å². The first-order chi connectivity index (χ1) is 12.2. The van der Waals surface area contributed by atoms with Crippen molar-refractivity contribution in [2.24, 2.45) is 0 Å². The predicted octanol–water partition coefficient (Wildman–Crippen LogP) is 0.552. The SMILES string of the molecule is CCN1C[C@H](NC(=O)c2ccc(C#CC(C)(C)O)o2)[C@@H](OC)C1.O=CO. The lowest BCUT2D eigenvalue weighted by Gasteiger charge is -2.17. The summed E-state index contributed by atoms with van der Waals surface area (Å²) in [5.74, 6) is 5.62. The van der Waals surface area contributed by atoms with Crippen molar-refractivity contribution < 1.29 is 29.0 Å². The van der Waals surface area contributed by atoms with Crippen LogP contribution in [0.5, 0.6) is 0 Å². The minimum absolute atomic E-state index is 0.0247. The van der Waals surface area contributed by atoms with Crippen molar-refractivity contribution in [3.63, 3.8) is 0 Å². The molecule has 2 heterocycles. The maximum Gasteiger partial charge on any atom is 0.290 e. The summed E-state index contributed by atoms with van der Waals surface area (Å²) >= 11 is 0. The number of amides is 1. The van der Waals surface area contributed by atoms with Crippen LogP contribution in [0.15, 0.2) is 16.5 Å². The second-order valence-corrected chi connectivity index (χ2v) is 6.28. The minimum Gasteiger partial charge on any atom is -0.483 e. The van der Waals surface area contributed by atoms with Crippen LogP contribution >= 0.6 is 0 Å². The summed E-state index contributed by atoms with van der Waals surface area (Å²) in [5, 5.41) is 19.4. The molecule has 0 aromatic carbocycles. The van der Waals surface area contributed by atoms with Crippen LogP contribution in [-0.4, -0.2) is 72.0 Å². The first-order valence-electron chi connectivity index (χ1n) is 8.23. The monoisotopic (exact) mass is 366 g/mol. The van der Waals surface area contributed by atoms with E-state index in [-0.39, 0.29) is 30.3 Å². The van der Waals surface area contributed by atoms with Gasteiger partial charge in [-0.25, -0.2) is 0 Å². The molecule has 1 amide bonds. The van der Waals surface area contributed by atoms with E-state index < -0.39 is 5.60 Å². The topological polar surface area (TPSA) is 112 Å². The number of nitrogens with one attached hydrogen (secondary N) is 1. The fourth-order valence-corrected chi connectivity index (χ4v) is 2.47. The third kappa shape index (κ3) is 6.88. The molecular formula is C18H26N2O6. The number of hydrogen-bond donors (Lipinski definition) is 3. The van der Waals surface area contributed by atoms with Crippen LogP contribution in [-0.2, 0) is 9.53 Å². The second-order valence-electron chi connectivity index (χ2n) is 6.28. The smallest absolute Gasteiger partial charge is 0.290 e. The van der Waals surface area contributed by atoms with Gasteiger partial charge in [-0.3, -0.25) is 14.5 Å². The average Bonchev–Trinajstić information content (AvgIpc) is 3.19. The van der Waals surface area contributed by atoms with Gasteiger partial charge in [0.25, 0.3) is 12.4 Å². The van der Waals surface area contributed by atoms with E-state index in [1.807, 2.05) is 0 Å². The van der Waals surface area contributed by atoms with Crippen LogP contribution in [0.1, 0.15) is 37.1 Å². The summed E-state index contributed by atoms with van der Waals surface area (Å²) in [6.07, 6.45) is -0.0247. The fraction of sp³-hybridized carbons (Fsp3) is 0.556. The Bertz CT molecular complexity index is 653. The van der Waals surface area contributed by atoms with Crippen LogP contribution in [0.4, 0.5) is 0 Å². The number of carboxylic acid groups (broad SMARTS) is 1. The maximum absolute atomic E-state index is 12.3. The molecular weight excluding hydrogens is 340 g/mol. The highest BCUT2D eigenvalue weighted by Gasteiger charge is 2.33. The average molecular weight is 366 g/mol. The van der Waals surface area contributed by atoms with Gasteiger partial charge in [0.1, 0.15) is 5.60 Å². The van der Waals surface area contributed by atoms with E-state index >= 15 is 0 Å². The van der Waals surface area contributed by atoms with Crippen molar-refractivity contribution in [1.82, 2.24) is 10.2 Å². The zero-order valence-electron chi connectivity index (χ0n) is 15.5. The normalized spacial score (nSPS) is 19.7. The van der Waals surface area contributed by atoms with Crippen molar-refractivity contribution in [2.45, 2.75) is 38.5 Å². The number of methoxy groups -OCH3 is 1. The summed E-state index contributed by atoms with van der Waals surface area (Å²) in [5.41, 5.74) is -1.10. The molecule has 1 aliphatic rings. The lowest BCUT2D eigenvalue weighted by Crippen LogP contribution is -2.43. The van der Waals surface area contributed by atoms with Gasteiger partial charge in [-0.2, -0.15) is 0 Å². The third-order valence-electron chi connectivity index (χ3n) is 3.73. The predicted molar refractivity (Wildman–Crippen MR) is 94.7 cm³/mol. The first-order valence-corrected chi connectivity index (χ1v) is 8.23. The lowest BCUT2D eigenvalue weighted by molar-refractivity contribution is -0.122. The minimum atomic E-state index is -1.10. The Hall–Kier alpha value is -2.34. The van der Waals surface area contributed by atoms with Gasteiger partial charge in [-0.1, -0.05) is 12.8 Å². The molecule has 1 aromatic heterocycles. The number of aliphatic hydroxyl groups is 1. The van der Waals surface area contributed by atoms with E-state index in [0.717, 1.165) is 19.6 Å². The zero-order chi connectivity index (χ0) is 19.7. The molecule has 0 spiro atoms. The van der Waals surface area contributed by atoms with Crippen molar-refractivity contribution in [3.8, 4) is 11.8 Å². The molecule has 1 saturated heterocycles. The van der Waals surface area contributed by atoms with Gasteiger partial charge >= 0.3 is 0 Å². The summed E-state index contributed by atoms with van der Waals surface area (Å²) in [6.45, 7) is 7.48. The number of hydrogen-bond acceptors (Lipinski definition) is 6. The van der Waals surface area contributed by atoms with Crippen molar-refractivity contribution in [2.75, 3.05) is 26.7 Å². The van der Waals surface area contributed by atoms with Gasteiger partial charge in [-0.15, -0.1) is 0 Å². The Kier molecular flexibility index (Phi) is 8.32. The molecule has 8 nitrogen and oxygen atoms in total. The summed E-state index contributed by atoms with van der Waals surface area (Å²) in [4.78, 5) is 22.9. The molecule has 0 radical (unpaired) electrons. The molecule has 144 valence electrons. The molecule has 3 N–H and O–H groups in total. The zero-order valence-corrected chi connectivity index (χ0v) is 15.5. The molecule has 1 fully saturated rings. The fourth-order valence-electron chi connectivity index (χ4n) is 2.47. The van der Waals surface area contributed by atoms with Gasteiger partial charge < -0.3 is 24.7 Å². The third-order valence-corrected chi connectivity index (χ3v) is 3.73. The number of carbonyl (C=O) groups is 2. The van der Waals surface area contributed by atoms with E-state index in [0.29, 0.717) is 5.76 Å². The van der Waals surface area contributed by atoms with Gasteiger partial charge in [0.2, 0.25) is 0 Å². The van der Waals surface area contributed by atoms with E-state index in [1.165, 1.54) is 0 Å². The van der Waals surface area contributed by atoms with E-state index in [2.05, 4.69) is 29.0 Å². The summed E-state index contributed by atoms with van der Waals surface area (Å²) in [7, 11) is 1.65. The Labute approximate surface area is 153 Å². The van der Waals surface area contributed by atoms with Crippen LogP contribution in [0.3, 0.4) is 0 Å². The van der Waals surface area contributed by atoms with Crippen molar-refractivity contribution in [3.05, 3.63) is 23.7 Å². The number of likely N-dealkylation sites (tertiary alicyclic amines) is 1. The van der Waals surface area contributed by atoms with E-state index in [1.54, 1.807) is 33.1 Å². The quantitative estimate of drug-likeness (QED) is 0.527. The molecule has 0 saturated carbocycles. The number of furan rings is 1. The largest absolute Gasteiger partial charge is 0.483 e. The van der Waals surface area contributed by atoms with Crippen LogP contribution < -0.4 is 5.32 Å². The Morgan fingerprint density at radius 3 is 2.69 bits per heavy atom. The molecule has 0 unspecified atom stereocenters. The van der Waals surface area contributed by atoms with Crippen molar-refractivity contribution >= 4 is 12.4 Å². The number of likely N-dealkylation sites (N-methyl/N-ethyl adjacent to an activating group) is 1. The summed E-state index contributed by atoms with van der Waals surface area (Å²) in [6, 6.07) is 3.13. The molecule has 1 aromatic rings. The summed E-state index contributed by atoms with van der Waals surface area (Å²) < 4.78 is 10.9. The number of carbonyl (C=O) groups excluding carboxylic acids is 1. The Morgan fingerprint density at radius 1 is 1.50 bits per heavy atom. The van der Waals surface area contributed by atoms with Crippen LogP contribution in [0, 0.1) is 11.8 Å².